The average molecular weight is 530 g/mol. The highest BCUT2D eigenvalue weighted by molar-refractivity contribution is 5.87. The second kappa shape index (κ2) is 9.32. The van der Waals surface area contributed by atoms with Gasteiger partial charge in [-0.25, -0.2) is 9.50 Å². The third-order valence-electron chi connectivity index (χ3n) is 8.10. The number of fused-ring (bicyclic) bond motifs is 2. The van der Waals surface area contributed by atoms with Gasteiger partial charge in [-0.1, -0.05) is 30.3 Å². The molecule has 40 heavy (non-hydrogen) atoms. The number of carbonyl (C=O) groups excluding carboxylic acids is 1. The molecule has 1 amide bonds. The van der Waals surface area contributed by atoms with Crippen LogP contribution in [0.15, 0.2) is 79.5 Å². The molecule has 0 bridgehead atoms. The second-order valence-electron chi connectivity index (χ2n) is 10.6. The molecule has 0 radical (unpaired) electrons. The summed E-state index contributed by atoms with van der Waals surface area (Å²) in [5, 5.41) is 21.6. The maximum Gasteiger partial charge on any atom is 0.241 e. The van der Waals surface area contributed by atoms with Crippen LogP contribution in [0.4, 0.5) is 5.82 Å². The van der Waals surface area contributed by atoms with Gasteiger partial charge >= 0.3 is 0 Å². The van der Waals surface area contributed by atoms with Gasteiger partial charge in [0.1, 0.15) is 17.9 Å². The smallest absolute Gasteiger partial charge is 0.241 e. The number of pyridine rings is 2. The molecule has 5 aromatic rings. The van der Waals surface area contributed by atoms with E-state index in [-0.39, 0.29) is 11.9 Å². The molecule has 1 saturated carbocycles. The van der Waals surface area contributed by atoms with E-state index in [1.54, 1.807) is 15.4 Å². The Morgan fingerprint density at radius 1 is 1.02 bits per heavy atom. The fraction of sp³-hybridized carbons (Fsp3) is 0.233. The molecule has 1 aromatic carbocycles. The number of aryl methyl sites for hydroxylation is 1. The number of aromatic nitrogens is 5. The molecule has 10 heteroatoms. The summed E-state index contributed by atoms with van der Waals surface area (Å²) in [5.41, 5.74) is 12.0. The first kappa shape index (κ1) is 24.1. The normalized spacial score (nSPS) is 20.2. The number of nitrogens with two attached hydrogens (primary N) is 1. The van der Waals surface area contributed by atoms with E-state index in [0.29, 0.717) is 17.4 Å². The molecule has 1 aliphatic heterocycles. The minimum absolute atomic E-state index is 0.129. The van der Waals surface area contributed by atoms with Gasteiger partial charge < -0.3 is 16.0 Å². The quantitative estimate of drug-likeness (QED) is 0.346. The lowest BCUT2D eigenvalue weighted by atomic mass is 10.0. The van der Waals surface area contributed by atoms with E-state index >= 15 is 0 Å². The molecule has 0 spiro atoms. The van der Waals surface area contributed by atoms with Gasteiger partial charge in [0.05, 0.1) is 23.5 Å². The summed E-state index contributed by atoms with van der Waals surface area (Å²) in [6.45, 7) is 1.68. The Bertz CT molecular complexity index is 1750. The Morgan fingerprint density at radius 2 is 1.82 bits per heavy atom. The molecule has 3 N–H and O–H groups in total. The van der Waals surface area contributed by atoms with Gasteiger partial charge in [-0.2, -0.15) is 15.5 Å². The Balaban J connectivity index is 1.07. The minimum atomic E-state index is -0.659. The highest BCUT2D eigenvalue weighted by Gasteiger charge is 2.57. The van der Waals surface area contributed by atoms with E-state index in [1.165, 1.54) is 0 Å². The number of nitrogens with one attached hydrogen (secondary N) is 1. The van der Waals surface area contributed by atoms with Crippen molar-refractivity contribution in [3.05, 3.63) is 90.6 Å². The van der Waals surface area contributed by atoms with Crippen LogP contribution in [-0.2, 0) is 11.8 Å². The highest BCUT2D eigenvalue weighted by Crippen LogP contribution is 2.46. The molecular weight excluding hydrogens is 502 g/mol. The first-order valence-corrected chi connectivity index (χ1v) is 13.2. The summed E-state index contributed by atoms with van der Waals surface area (Å²) in [6.07, 6.45) is 9.12. The maximum atomic E-state index is 12.7. The number of rotatable bonds is 6. The Hall–Kier alpha value is -5.01. The molecule has 2 unspecified atom stereocenters. The Labute approximate surface area is 230 Å². The van der Waals surface area contributed by atoms with E-state index in [2.05, 4.69) is 32.5 Å². The lowest BCUT2D eigenvalue weighted by molar-refractivity contribution is -0.122. The van der Waals surface area contributed by atoms with Crippen molar-refractivity contribution in [2.45, 2.75) is 12.1 Å². The zero-order valence-electron chi connectivity index (χ0n) is 21.8. The van der Waals surface area contributed by atoms with Gasteiger partial charge in [-0.3, -0.25) is 9.48 Å². The van der Waals surface area contributed by atoms with Crippen LogP contribution in [0.2, 0.25) is 0 Å². The van der Waals surface area contributed by atoms with Crippen LogP contribution in [0.25, 0.3) is 27.8 Å². The van der Waals surface area contributed by atoms with Crippen LogP contribution in [0.3, 0.4) is 0 Å². The standard InChI is InChI=1S/C30H27N9O/c1-37-14-22(13-34-37)20-9-23(29-21(10-31)12-35-39(29)15-20)19-7-8-26(33-11-19)38-16-24-25(17-38)28(24)36-30(40)27(32)18-5-3-2-4-6-18/h2-9,11-15,24-25,27-28H,16-17,32H2,1H3,(H,36,40)/t24-,25?,27?,28+/m0/s1. The van der Waals surface area contributed by atoms with Crippen molar-refractivity contribution in [2.24, 2.45) is 24.6 Å². The number of amides is 1. The predicted molar refractivity (Wildman–Crippen MR) is 150 cm³/mol. The molecule has 7 rings (SSSR count). The summed E-state index contributed by atoms with van der Waals surface area (Å²) in [7, 11) is 1.88. The molecule has 4 aromatic heterocycles. The highest BCUT2D eigenvalue weighted by atomic mass is 16.2. The van der Waals surface area contributed by atoms with Crippen molar-refractivity contribution in [3.63, 3.8) is 0 Å². The molecule has 2 aliphatic rings. The molecule has 1 saturated heterocycles. The first-order valence-electron chi connectivity index (χ1n) is 13.2. The number of hydrogen-bond donors (Lipinski definition) is 2. The van der Waals surface area contributed by atoms with Crippen LogP contribution in [0.1, 0.15) is 17.2 Å². The molecule has 4 atom stereocenters. The van der Waals surface area contributed by atoms with Gasteiger partial charge in [0.15, 0.2) is 0 Å². The van der Waals surface area contributed by atoms with E-state index in [0.717, 1.165) is 52.2 Å². The topological polar surface area (TPSA) is 130 Å². The van der Waals surface area contributed by atoms with Crippen LogP contribution >= 0.6 is 0 Å². The van der Waals surface area contributed by atoms with Crippen LogP contribution in [0.5, 0.6) is 0 Å². The van der Waals surface area contributed by atoms with Crippen LogP contribution in [0, 0.1) is 23.2 Å². The van der Waals surface area contributed by atoms with Crippen molar-refractivity contribution in [3.8, 4) is 28.3 Å². The summed E-state index contributed by atoms with van der Waals surface area (Å²) < 4.78 is 3.50. The minimum Gasteiger partial charge on any atom is -0.356 e. The number of benzene rings is 1. The molecule has 2 fully saturated rings. The van der Waals surface area contributed by atoms with Crippen molar-refractivity contribution in [2.75, 3.05) is 18.0 Å². The van der Waals surface area contributed by atoms with Crippen molar-refractivity contribution in [1.82, 2.24) is 29.7 Å². The fourth-order valence-electron chi connectivity index (χ4n) is 5.88. The number of nitriles is 1. The number of nitrogens with zero attached hydrogens (tertiary/aromatic N) is 7. The molecule has 5 heterocycles. The van der Waals surface area contributed by atoms with Gasteiger partial charge in [-0.05, 0) is 23.8 Å². The van der Waals surface area contributed by atoms with Crippen molar-refractivity contribution in [1.29, 1.82) is 5.26 Å². The summed E-state index contributed by atoms with van der Waals surface area (Å²) in [6, 6.07) is 17.3. The lowest BCUT2D eigenvalue weighted by Crippen LogP contribution is -2.39. The van der Waals surface area contributed by atoms with Crippen molar-refractivity contribution >= 4 is 17.2 Å². The Morgan fingerprint density at radius 3 is 2.50 bits per heavy atom. The number of piperidine rings is 1. The Kier molecular flexibility index (Phi) is 5.61. The van der Waals surface area contributed by atoms with Crippen LogP contribution in [-0.4, -0.2) is 49.4 Å². The largest absolute Gasteiger partial charge is 0.356 e. The molecule has 1 aliphatic carbocycles. The van der Waals surface area contributed by atoms with Gasteiger partial charge in [-0.15, -0.1) is 0 Å². The SMILES string of the molecule is Cn1cc(-c2cc(-c3ccc(N4CC5[C@H](C4)[C@H]5NC(=O)C(N)c4ccccc4)nc3)c3c(C#N)cnn3c2)cn1. The summed E-state index contributed by atoms with van der Waals surface area (Å²) in [5.74, 6) is 1.56. The average Bonchev–Trinajstić information content (AvgIpc) is 3.44. The number of anilines is 1. The maximum absolute atomic E-state index is 12.7. The number of carbonyl (C=O) groups is 1. The molecular formula is C30H27N9O. The zero-order chi connectivity index (χ0) is 27.4. The van der Waals surface area contributed by atoms with E-state index < -0.39 is 6.04 Å². The third kappa shape index (κ3) is 4.08. The zero-order valence-corrected chi connectivity index (χ0v) is 21.8. The number of hydrogen-bond acceptors (Lipinski definition) is 7. The van der Waals surface area contributed by atoms with Gasteiger partial charge in [0.25, 0.3) is 0 Å². The third-order valence-corrected chi connectivity index (χ3v) is 8.10. The van der Waals surface area contributed by atoms with Crippen molar-refractivity contribution < 1.29 is 4.79 Å². The monoisotopic (exact) mass is 529 g/mol. The van der Waals surface area contributed by atoms with E-state index in [4.69, 9.17) is 10.7 Å². The first-order chi connectivity index (χ1) is 19.5. The van der Waals surface area contributed by atoms with E-state index in [1.807, 2.05) is 74.3 Å². The second-order valence-corrected chi connectivity index (χ2v) is 10.6. The fourth-order valence-corrected chi connectivity index (χ4v) is 5.88. The van der Waals surface area contributed by atoms with Gasteiger partial charge in [0, 0.05) is 78.9 Å². The van der Waals surface area contributed by atoms with E-state index in [9.17, 15) is 10.1 Å². The predicted octanol–water partition coefficient (Wildman–Crippen LogP) is 2.92. The van der Waals surface area contributed by atoms with Gasteiger partial charge in [0.2, 0.25) is 5.91 Å². The molecule has 198 valence electrons. The van der Waals surface area contributed by atoms with Crippen LogP contribution < -0.4 is 16.0 Å². The molecule has 10 nitrogen and oxygen atoms in total. The summed E-state index contributed by atoms with van der Waals surface area (Å²) >= 11 is 0. The summed E-state index contributed by atoms with van der Waals surface area (Å²) in [4.78, 5) is 19.7. The lowest BCUT2D eigenvalue weighted by Gasteiger charge is -2.22.